The molecule has 3 aliphatic heterocycles. The summed E-state index contributed by atoms with van der Waals surface area (Å²) in [4.78, 5) is 51.4. The quantitative estimate of drug-likeness (QED) is 0.137. The number of para-hydroxylation sites is 2. The van der Waals surface area contributed by atoms with Crippen LogP contribution in [0.3, 0.4) is 0 Å². The first kappa shape index (κ1) is 36.9. The Labute approximate surface area is 320 Å². The van der Waals surface area contributed by atoms with Crippen LogP contribution in [0, 0.1) is 5.92 Å². The lowest BCUT2D eigenvalue weighted by atomic mass is 9.79. The highest BCUT2D eigenvalue weighted by molar-refractivity contribution is 5.96. The van der Waals surface area contributed by atoms with E-state index in [1.807, 2.05) is 94.9 Å². The molecule has 6 N–H and O–H groups in total. The number of carbonyl (C=O) groups excluding carboxylic acids is 3. The van der Waals surface area contributed by atoms with Gasteiger partial charge in [0.25, 0.3) is 0 Å². The van der Waals surface area contributed by atoms with Crippen molar-refractivity contribution in [3.8, 4) is 0 Å². The Morgan fingerprint density at radius 3 is 2.18 bits per heavy atom. The van der Waals surface area contributed by atoms with Crippen molar-refractivity contribution in [2.45, 2.75) is 122 Å². The number of piperidine rings is 1. The molecule has 0 bridgehead atoms. The van der Waals surface area contributed by atoms with E-state index in [1.165, 1.54) is 5.06 Å². The van der Waals surface area contributed by atoms with Crippen molar-refractivity contribution in [3.05, 3.63) is 82.9 Å². The first-order valence-electron chi connectivity index (χ1n) is 19.4. The minimum absolute atomic E-state index is 0.0279. The lowest BCUT2D eigenvalue weighted by Crippen LogP contribution is -2.60. The Morgan fingerprint density at radius 1 is 0.909 bits per heavy atom. The highest BCUT2D eigenvalue weighted by Crippen LogP contribution is 2.42. The fraction of sp³-hybridized carbons (Fsp3) is 0.488. The van der Waals surface area contributed by atoms with Gasteiger partial charge in [-0.3, -0.25) is 19.7 Å². The van der Waals surface area contributed by atoms with Gasteiger partial charge in [0.15, 0.2) is 0 Å². The van der Waals surface area contributed by atoms with E-state index in [1.54, 1.807) is 4.90 Å². The van der Waals surface area contributed by atoms with E-state index in [0.717, 1.165) is 44.3 Å². The Balaban J connectivity index is 0.989. The third-order valence-corrected chi connectivity index (χ3v) is 12.0. The van der Waals surface area contributed by atoms with Gasteiger partial charge in [-0.25, -0.2) is 4.68 Å². The van der Waals surface area contributed by atoms with Crippen LogP contribution in [0.5, 0.6) is 0 Å². The lowest BCUT2D eigenvalue weighted by molar-refractivity contribution is -0.249. The van der Waals surface area contributed by atoms with Crippen LogP contribution in [-0.2, 0) is 46.9 Å². The predicted octanol–water partition coefficient (Wildman–Crippen LogP) is 4.25. The van der Waals surface area contributed by atoms with Crippen LogP contribution in [0.1, 0.15) is 88.6 Å². The van der Waals surface area contributed by atoms with E-state index in [0.29, 0.717) is 37.9 Å². The highest BCUT2D eigenvalue weighted by Gasteiger charge is 2.46. The molecule has 1 fully saturated rings. The molecule has 8 rings (SSSR count). The number of aromatic amines is 2. The first-order chi connectivity index (χ1) is 26.2. The molecular weight excluding hydrogens is 697 g/mol. The number of rotatable bonds is 8. The standard InChI is InChI=1S/C41H52N10O4/c1-23(2)36(38(53)43-19-24-21-50(48-47-24)25-17-40(3,4)51(55)41(5,6)18-25)46-37(52)35-16-29-27-12-8-10-14-31(27)45-34(29)22-49(35)39(54)32-15-28-26-11-7-9-13-30(26)44-33(28)20-42-32/h7-14,21,23,25,32,35-36,42,44-45,55H,15-20,22H2,1-6H3,(H,43,53)(H,46,52)/t32-,35-,36+/m0/s1. The van der Waals surface area contributed by atoms with Crippen molar-refractivity contribution in [3.63, 3.8) is 0 Å². The Kier molecular flexibility index (Phi) is 9.33. The minimum atomic E-state index is -0.846. The molecule has 55 heavy (non-hydrogen) atoms. The number of hydroxylamine groups is 2. The summed E-state index contributed by atoms with van der Waals surface area (Å²) in [5, 5.41) is 32.5. The predicted molar refractivity (Wildman–Crippen MR) is 208 cm³/mol. The van der Waals surface area contributed by atoms with Gasteiger partial charge in [0, 0.05) is 57.2 Å². The van der Waals surface area contributed by atoms with E-state index >= 15 is 0 Å². The summed E-state index contributed by atoms with van der Waals surface area (Å²) in [5.74, 6) is -1.08. The van der Waals surface area contributed by atoms with Gasteiger partial charge in [-0.2, -0.15) is 5.06 Å². The second-order valence-electron chi connectivity index (χ2n) is 17.2. The fourth-order valence-electron chi connectivity index (χ4n) is 9.24. The summed E-state index contributed by atoms with van der Waals surface area (Å²) in [6, 6.07) is 14.0. The third-order valence-electron chi connectivity index (χ3n) is 12.0. The highest BCUT2D eigenvalue weighted by atomic mass is 16.5. The maximum absolute atomic E-state index is 14.5. The summed E-state index contributed by atoms with van der Waals surface area (Å²) >= 11 is 0. The van der Waals surface area contributed by atoms with E-state index in [9.17, 15) is 19.6 Å². The second-order valence-corrected chi connectivity index (χ2v) is 17.2. The van der Waals surface area contributed by atoms with Crippen molar-refractivity contribution < 1.29 is 19.6 Å². The second kappa shape index (κ2) is 13.9. The van der Waals surface area contributed by atoms with Crippen molar-refractivity contribution in [2.75, 3.05) is 0 Å². The number of hydrogen-bond donors (Lipinski definition) is 6. The third kappa shape index (κ3) is 6.80. The van der Waals surface area contributed by atoms with Crippen molar-refractivity contribution >= 4 is 39.5 Å². The van der Waals surface area contributed by atoms with E-state index in [2.05, 4.69) is 42.3 Å². The fourth-order valence-corrected chi connectivity index (χ4v) is 9.24. The molecular formula is C41H52N10O4. The molecule has 0 unspecified atom stereocenters. The summed E-state index contributed by atoms with van der Waals surface area (Å²) in [6.45, 7) is 12.7. The molecule has 1 saturated heterocycles. The Hall–Kier alpha value is -5.05. The molecule has 6 heterocycles. The van der Waals surface area contributed by atoms with Gasteiger partial charge in [-0.1, -0.05) is 55.5 Å². The number of amides is 3. The number of carbonyl (C=O) groups is 3. The minimum Gasteiger partial charge on any atom is -0.357 e. The monoisotopic (exact) mass is 748 g/mol. The van der Waals surface area contributed by atoms with Crippen LogP contribution in [0.15, 0.2) is 54.7 Å². The summed E-state index contributed by atoms with van der Waals surface area (Å²) in [6.07, 6.45) is 4.03. The average molecular weight is 749 g/mol. The van der Waals surface area contributed by atoms with Gasteiger partial charge < -0.3 is 30.7 Å². The smallest absolute Gasteiger partial charge is 0.243 e. The molecule has 2 aromatic carbocycles. The van der Waals surface area contributed by atoms with Crippen LogP contribution < -0.4 is 16.0 Å². The zero-order chi connectivity index (χ0) is 38.8. The van der Waals surface area contributed by atoms with Crippen molar-refractivity contribution in [1.29, 1.82) is 0 Å². The number of nitrogens with one attached hydrogen (secondary N) is 5. The maximum atomic E-state index is 14.5. The maximum Gasteiger partial charge on any atom is 0.243 e. The normalized spacial score (nSPS) is 21.7. The number of nitrogens with zero attached hydrogens (tertiary/aromatic N) is 5. The molecule has 0 aliphatic carbocycles. The Morgan fingerprint density at radius 2 is 1.53 bits per heavy atom. The molecule has 14 nitrogen and oxygen atoms in total. The van der Waals surface area contributed by atoms with Gasteiger partial charge in [0.05, 0.1) is 31.4 Å². The molecule has 3 amide bonds. The van der Waals surface area contributed by atoms with E-state index in [-0.39, 0.29) is 42.8 Å². The topological polar surface area (TPSA) is 176 Å². The van der Waals surface area contributed by atoms with Gasteiger partial charge in [-0.15, -0.1) is 5.10 Å². The van der Waals surface area contributed by atoms with E-state index in [4.69, 9.17) is 0 Å². The van der Waals surface area contributed by atoms with Crippen LogP contribution in [0.2, 0.25) is 0 Å². The van der Waals surface area contributed by atoms with Crippen molar-refractivity contribution in [1.82, 2.24) is 50.9 Å². The summed E-state index contributed by atoms with van der Waals surface area (Å²) in [5.41, 5.74) is 5.83. The summed E-state index contributed by atoms with van der Waals surface area (Å²) in [7, 11) is 0. The zero-order valence-electron chi connectivity index (χ0n) is 32.4. The molecule has 3 aliphatic rings. The van der Waals surface area contributed by atoms with Crippen molar-refractivity contribution in [2.24, 2.45) is 5.92 Å². The molecule has 14 heteroatoms. The first-order valence-corrected chi connectivity index (χ1v) is 19.4. The Bertz CT molecular complexity index is 2250. The van der Waals surface area contributed by atoms with Gasteiger partial charge >= 0.3 is 0 Å². The lowest BCUT2D eigenvalue weighted by Gasteiger charge is -2.51. The molecule has 290 valence electrons. The van der Waals surface area contributed by atoms with Crippen LogP contribution in [0.25, 0.3) is 21.8 Å². The summed E-state index contributed by atoms with van der Waals surface area (Å²) < 4.78 is 1.83. The van der Waals surface area contributed by atoms with Gasteiger partial charge in [0.1, 0.15) is 17.8 Å². The molecule has 0 spiro atoms. The van der Waals surface area contributed by atoms with E-state index < -0.39 is 29.2 Å². The molecule has 3 aromatic heterocycles. The zero-order valence-corrected chi connectivity index (χ0v) is 32.4. The number of fused-ring (bicyclic) bond motifs is 6. The van der Waals surface area contributed by atoms with Crippen LogP contribution >= 0.6 is 0 Å². The van der Waals surface area contributed by atoms with Crippen LogP contribution in [-0.4, -0.2) is 87.1 Å². The molecule has 0 radical (unpaired) electrons. The molecule has 3 atom stereocenters. The number of H-pyrrole nitrogens is 2. The largest absolute Gasteiger partial charge is 0.357 e. The van der Waals surface area contributed by atoms with Crippen LogP contribution in [0.4, 0.5) is 0 Å². The molecule has 5 aromatic rings. The average Bonchev–Trinajstić information content (AvgIpc) is 3.89. The number of aromatic nitrogens is 5. The van der Waals surface area contributed by atoms with Gasteiger partial charge in [0.2, 0.25) is 17.7 Å². The number of hydrogen-bond acceptors (Lipinski definition) is 8. The SMILES string of the molecule is CC(C)[C@@H](NC(=O)[C@@H]1Cc2c([nH]c3ccccc23)CN1C(=O)[C@@H]1Cc2c([nH]c3ccccc23)CN1)C(=O)NCc1cn(C2CC(C)(C)N(O)C(C)(C)C2)nn1. The van der Waals surface area contributed by atoms with Gasteiger partial charge in [-0.05, 0) is 76.1 Å². The molecule has 0 saturated carbocycles. The number of benzene rings is 2.